The standard InChI is InChI=1S/C17H17FN2O3/c1-10-13(19-11(2)21)7-5-8-14(10)20-17(22)12-6-4-9-15(23-3)16(12)18/h4-9H,1-3H3,(H,19,21)(H,20,22). The fourth-order valence-electron chi connectivity index (χ4n) is 2.13. The second kappa shape index (κ2) is 6.91. The molecule has 2 rings (SSSR count). The highest BCUT2D eigenvalue weighted by Gasteiger charge is 2.16. The number of halogens is 1. The maximum absolute atomic E-state index is 14.1. The highest BCUT2D eigenvalue weighted by Crippen LogP contribution is 2.25. The van der Waals surface area contributed by atoms with Crippen molar-refractivity contribution in [2.24, 2.45) is 0 Å². The van der Waals surface area contributed by atoms with Crippen LogP contribution >= 0.6 is 0 Å². The van der Waals surface area contributed by atoms with Crippen LogP contribution < -0.4 is 15.4 Å². The van der Waals surface area contributed by atoms with E-state index in [0.717, 1.165) is 0 Å². The van der Waals surface area contributed by atoms with Crippen molar-refractivity contribution < 1.29 is 18.7 Å². The zero-order chi connectivity index (χ0) is 17.0. The van der Waals surface area contributed by atoms with Crippen LogP contribution in [-0.2, 0) is 4.79 Å². The molecule has 0 aliphatic heterocycles. The van der Waals surface area contributed by atoms with E-state index in [2.05, 4.69) is 10.6 Å². The first-order chi connectivity index (χ1) is 10.9. The zero-order valence-corrected chi connectivity index (χ0v) is 13.1. The summed E-state index contributed by atoms with van der Waals surface area (Å²) in [7, 11) is 1.33. The largest absolute Gasteiger partial charge is 0.494 e. The number of benzene rings is 2. The Balaban J connectivity index is 2.29. The SMILES string of the molecule is COc1cccc(C(=O)Nc2cccc(NC(C)=O)c2C)c1F. The van der Waals surface area contributed by atoms with Crippen molar-refractivity contribution in [2.45, 2.75) is 13.8 Å². The van der Waals surface area contributed by atoms with Gasteiger partial charge in [0.2, 0.25) is 5.91 Å². The van der Waals surface area contributed by atoms with Gasteiger partial charge in [-0.1, -0.05) is 12.1 Å². The molecule has 0 saturated carbocycles. The van der Waals surface area contributed by atoms with E-state index in [9.17, 15) is 14.0 Å². The number of nitrogens with one attached hydrogen (secondary N) is 2. The predicted molar refractivity (Wildman–Crippen MR) is 86.4 cm³/mol. The molecule has 0 heterocycles. The molecule has 0 aromatic heterocycles. The van der Waals surface area contributed by atoms with Gasteiger partial charge >= 0.3 is 0 Å². The Hall–Kier alpha value is -2.89. The summed E-state index contributed by atoms with van der Waals surface area (Å²) in [5.41, 5.74) is 1.64. The Morgan fingerprint density at radius 1 is 1.04 bits per heavy atom. The van der Waals surface area contributed by atoms with Gasteiger partial charge in [-0.3, -0.25) is 9.59 Å². The van der Waals surface area contributed by atoms with Crippen LogP contribution in [0, 0.1) is 12.7 Å². The first-order valence-electron chi connectivity index (χ1n) is 6.95. The third-order valence-corrected chi connectivity index (χ3v) is 3.32. The molecule has 23 heavy (non-hydrogen) atoms. The quantitative estimate of drug-likeness (QED) is 0.909. The number of methoxy groups -OCH3 is 1. The summed E-state index contributed by atoms with van der Waals surface area (Å²) < 4.78 is 19.0. The first-order valence-corrected chi connectivity index (χ1v) is 6.95. The fourth-order valence-corrected chi connectivity index (χ4v) is 2.13. The van der Waals surface area contributed by atoms with E-state index < -0.39 is 11.7 Å². The minimum absolute atomic E-state index is 0.00127. The van der Waals surface area contributed by atoms with Gasteiger partial charge in [-0.25, -0.2) is 4.39 Å². The summed E-state index contributed by atoms with van der Waals surface area (Å²) in [6, 6.07) is 9.44. The van der Waals surface area contributed by atoms with Gasteiger partial charge in [0.15, 0.2) is 11.6 Å². The maximum atomic E-state index is 14.1. The van der Waals surface area contributed by atoms with E-state index in [0.29, 0.717) is 16.9 Å². The van der Waals surface area contributed by atoms with Gasteiger partial charge in [0.25, 0.3) is 5.91 Å². The van der Waals surface area contributed by atoms with Gasteiger partial charge < -0.3 is 15.4 Å². The summed E-state index contributed by atoms with van der Waals surface area (Å²) in [6.45, 7) is 3.15. The lowest BCUT2D eigenvalue weighted by atomic mass is 10.1. The van der Waals surface area contributed by atoms with Crippen LogP contribution in [0.4, 0.5) is 15.8 Å². The van der Waals surface area contributed by atoms with Crippen molar-refractivity contribution in [1.82, 2.24) is 0 Å². The predicted octanol–water partition coefficient (Wildman–Crippen LogP) is 3.35. The van der Waals surface area contributed by atoms with Crippen LogP contribution in [0.25, 0.3) is 0 Å². The Morgan fingerprint density at radius 3 is 2.26 bits per heavy atom. The second-order valence-electron chi connectivity index (χ2n) is 4.94. The van der Waals surface area contributed by atoms with Crippen molar-refractivity contribution in [3.05, 3.63) is 53.3 Å². The van der Waals surface area contributed by atoms with Crippen molar-refractivity contribution >= 4 is 23.2 Å². The monoisotopic (exact) mass is 316 g/mol. The highest BCUT2D eigenvalue weighted by atomic mass is 19.1. The van der Waals surface area contributed by atoms with Gasteiger partial charge in [-0.15, -0.1) is 0 Å². The molecule has 6 heteroatoms. The molecule has 0 aliphatic carbocycles. The summed E-state index contributed by atoms with van der Waals surface area (Å²) in [5.74, 6) is -1.52. The number of hydrogen-bond acceptors (Lipinski definition) is 3. The molecular weight excluding hydrogens is 299 g/mol. The fraction of sp³-hybridized carbons (Fsp3) is 0.176. The molecule has 0 unspecified atom stereocenters. The summed E-state index contributed by atoms with van der Waals surface area (Å²) >= 11 is 0. The Kier molecular flexibility index (Phi) is 4.95. The minimum atomic E-state index is -0.719. The topological polar surface area (TPSA) is 67.4 Å². The van der Waals surface area contributed by atoms with Gasteiger partial charge in [0.05, 0.1) is 12.7 Å². The number of rotatable bonds is 4. The van der Waals surface area contributed by atoms with E-state index in [1.54, 1.807) is 25.1 Å². The average molecular weight is 316 g/mol. The normalized spacial score (nSPS) is 10.1. The Bertz CT molecular complexity index is 759. The third-order valence-electron chi connectivity index (χ3n) is 3.32. The van der Waals surface area contributed by atoms with Crippen molar-refractivity contribution in [3.63, 3.8) is 0 Å². The minimum Gasteiger partial charge on any atom is -0.494 e. The van der Waals surface area contributed by atoms with Crippen LogP contribution in [0.5, 0.6) is 5.75 Å². The molecule has 0 saturated heterocycles. The van der Waals surface area contributed by atoms with Crippen LogP contribution in [-0.4, -0.2) is 18.9 Å². The molecule has 5 nitrogen and oxygen atoms in total. The van der Waals surface area contributed by atoms with Crippen LogP contribution in [0.3, 0.4) is 0 Å². The van der Waals surface area contributed by atoms with Crippen LogP contribution in [0.2, 0.25) is 0 Å². The molecule has 2 aromatic rings. The molecule has 0 radical (unpaired) electrons. The number of hydrogen-bond donors (Lipinski definition) is 2. The molecule has 120 valence electrons. The van der Waals surface area contributed by atoms with E-state index in [1.165, 1.54) is 32.2 Å². The van der Waals surface area contributed by atoms with E-state index in [1.807, 2.05) is 0 Å². The molecule has 0 spiro atoms. The van der Waals surface area contributed by atoms with Crippen molar-refractivity contribution in [2.75, 3.05) is 17.7 Å². The molecule has 0 bridgehead atoms. The molecule has 0 aliphatic rings. The van der Waals surface area contributed by atoms with Gasteiger partial charge in [-0.05, 0) is 36.8 Å². The highest BCUT2D eigenvalue weighted by molar-refractivity contribution is 6.05. The molecular formula is C17H17FN2O3. The van der Waals surface area contributed by atoms with Gasteiger partial charge in [0, 0.05) is 18.3 Å². The molecule has 2 N–H and O–H groups in total. The third kappa shape index (κ3) is 3.66. The lowest BCUT2D eigenvalue weighted by Crippen LogP contribution is -2.16. The van der Waals surface area contributed by atoms with E-state index in [4.69, 9.17) is 4.74 Å². The number of carbonyl (C=O) groups is 2. The maximum Gasteiger partial charge on any atom is 0.258 e. The first kappa shape index (κ1) is 16.5. The molecule has 0 atom stereocenters. The zero-order valence-electron chi connectivity index (χ0n) is 13.1. The van der Waals surface area contributed by atoms with Gasteiger partial charge in [0.1, 0.15) is 0 Å². The summed E-state index contributed by atoms with van der Waals surface area (Å²) in [4.78, 5) is 23.5. The second-order valence-corrected chi connectivity index (χ2v) is 4.94. The Morgan fingerprint density at radius 2 is 1.65 bits per heavy atom. The number of anilines is 2. The van der Waals surface area contributed by atoms with E-state index in [-0.39, 0.29) is 17.2 Å². The number of carbonyl (C=O) groups excluding carboxylic acids is 2. The Labute approximate surface area is 133 Å². The van der Waals surface area contributed by atoms with Crippen LogP contribution in [0.15, 0.2) is 36.4 Å². The average Bonchev–Trinajstić information content (AvgIpc) is 2.51. The lowest BCUT2D eigenvalue weighted by molar-refractivity contribution is -0.114. The van der Waals surface area contributed by atoms with Crippen molar-refractivity contribution in [1.29, 1.82) is 0 Å². The molecule has 2 amide bonds. The van der Waals surface area contributed by atoms with Crippen molar-refractivity contribution in [3.8, 4) is 5.75 Å². The van der Waals surface area contributed by atoms with Gasteiger partial charge in [-0.2, -0.15) is 0 Å². The number of amides is 2. The molecule has 2 aromatic carbocycles. The summed E-state index contributed by atoms with van der Waals surface area (Å²) in [6.07, 6.45) is 0. The smallest absolute Gasteiger partial charge is 0.258 e. The summed E-state index contributed by atoms with van der Waals surface area (Å²) in [5, 5.41) is 5.32. The van der Waals surface area contributed by atoms with E-state index >= 15 is 0 Å². The molecule has 0 fully saturated rings. The van der Waals surface area contributed by atoms with Crippen LogP contribution in [0.1, 0.15) is 22.8 Å². The number of ether oxygens (including phenoxy) is 1. The lowest BCUT2D eigenvalue weighted by Gasteiger charge is -2.13.